The van der Waals surface area contributed by atoms with E-state index < -0.39 is 11.7 Å². The zero-order valence-electron chi connectivity index (χ0n) is 31.3. The van der Waals surface area contributed by atoms with Crippen LogP contribution in [0.25, 0.3) is 21.7 Å². The van der Waals surface area contributed by atoms with Crippen LogP contribution in [-0.2, 0) is 16.1 Å². The lowest BCUT2D eigenvalue weighted by Gasteiger charge is -2.35. The van der Waals surface area contributed by atoms with E-state index in [1.165, 1.54) is 12.1 Å². The van der Waals surface area contributed by atoms with Crippen molar-refractivity contribution in [3.05, 3.63) is 135 Å². The number of unbranched alkanes of at least 4 members (excludes halogenated alkanes) is 4. The standard InChI is InChI=1S/C44H42FN7O5/c45-34-26-28(27-37-29-12-5-6-13-30(29)42(54)49-48-37)19-20-31(34)44(56)52-23-21-51(22-24-52)38(53)18-4-2-1-3-11-25-57-50-40-33-15-8-10-17-36(33)46-41(40)39-32-14-7-9-16-35(32)47-43(39)55/h5-10,12-17,19-20,26,47,55H,1-4,11,18,21-25,27H2,(H,49,54)/b50-40+. The number of aliphatic imine (C=N–C) groups is 1. The average Bonchev–Trinajstić information content (AvgIpc) is 3.77. The lowest BCUT2D eigenvalue weighted by molar-refractivity contribution is -0.132. The predicted molar refractivity (Wildman–Crippen MR) is 217 cm³/mol. The van der Waals surface area contributed by atoms with Gasteiger partial charge in [0.2, 0.25) is 5.91 Å². The van der Waals surface area contributed by atoms with Gasteiger partial charge in [-0.05, 0) is 55.2 Å². The van der Waals surface area contributed by atoms with Crippen molar-refractivity contribution in [3.8, 4) is 5.88 Å². The summed E-state index contributed by atoms with van der Waals surface area (Å²) < 4.78 is 15.2. The fraction of sp³-hybridized carbons (Fsp3) is 0.273. The second kappa shape index (κ2) is 16.6. The molecule has 4 aromatic carbocycles. The summed E-state index contributed by atoms with van der Waals surface area (Å²) in [6.07, 6.45) is 5.10. The van der Waals surface area contributed by atoms with Crippen molar-refractivity contribution in [3.63, 3.8) is 0 Å². The van der Waals surface area contributed by atoms with Crippen LogP contribution in [0.15, 0.2) is 106 Å². The van der Waals surface area contributed by atoms with E-state index in [0.717, 1.165) is 54.3 Å². The number of fused-ring (bicyclic) bond motifs is 3. The maximum absolute atomic E-state index is 15.2. The lowest BCUT2D eigenvalue weighted by Crippen LogP contribution is -2.50. The number of halogens is 1. The van der Waals surface area contributed by atoms with Crippen LogP contribution in [0.3, 0.4) is 0 Å². The summed E-state index contributed by atoms with van der Waals surface area (Å²) in [5, 5.41) is 24.0. The van der Waals surface area contributed by atoms with Gasteiger partial charge in [0.1, 0.15) is 23.8 Å². The Morgan fingerprint density at radius 2 is 1.53 bits per heavy atom. The molecular formula is C44H42FN7O5. The number of piperazine rings is 1. The fourth-order valence-electron chi connectivity index (χ4n) is 7.62. The summed E-state index contributed by atoms with van der Waals surface area (Å²) in [4.78, 5) is 55.3. The summed E-state index contributed by atoms with van der Waals surface area (Å²) in [5.41, 5.74) is 5.13. The molecule has 0 saturated carbocycles. The van der Waals surface area contributed by atoms with Gasteiger partial charge >= 0.3 is 0 Å². The number of oxime groups is 1. The molecule has 0 radical (unpaired) electrons. The normalized spacial score (nSPS) is 14.7. The number of hydrogen-bond acceptors (Lipinski definition) is 8. The molecule has 1 saturated heterocycles. The Labute approximate surface area is 327 Å². The van der Waals surface area contributed by atoms with Crippen LogP contribution in [0.1, 0.15) is 71.3 Å². The summed E-state index contributed by atoms with van der Waals surface area (Å²) in [6.45, 7) is 1.93. The highest BCUT2D eigenvalue weighted by Crippen LogP contribution is 2.35. The molecule has 1 fully saturated rings. The Hall–Kier alpha value is -6.63. The minimum absolute atomic E-state index is 0.0103. The minimum Gasteiger partial charge on any atom is -0.494 e. The number of H-pyrrole nitrogens is 2. The number of para-hydroxylation sites is 2. The molecule has 6 aromatic rings. The van der Waals surface area contributed by atoms with Crippen molar-refractivity contribution in [2.75, 3.05) is 32.8 Å². The first kappa shape index (κ1) is 37.3. The van der Waals surface area contributed by atoms with Gasteiger partial charge in [0.25, 0.3) is 11.5 Å². The van der Waals surface area contributed by atoms with E-state index >= 15 is 4.39 Å². The van der Waals surface area contributed by atoms with Crippen LogP contribution in [0.2, 0.25) is 0 Å². The number of rotatable bonds is 13. The van der Waals surface area contributed by atoms with E-state index in [-0.39, 0.29) is 22.9 Å². The molecule has 8 rings (SSSR count). The summed E-state index contributed by atoms with van der Waals surface area (Å²) in [5.74, 6) is -0.912. The van der Waals surface area contributed by atoms with Crippen LogP contribution in [0, 0.1) is 5.82 Å². The summed E-state index contributed by atoms with van der Waals surface area (Å²) >= 11 is 0. The number of aromatic amines is 2. The van der Waals surface area contributed by atoms with Gasteiger partial charge in [0, 0.05) is 60.9 Å². The van der Waals surface area contributed by atoms with E-state index in [2.05, 4.69) is 20.3 Å². The van der Waals surface area contributed by atoms with Crippen LogP contribution >= 0.6 is 0 Å². The van der Waals surface area contributed by atoms with Gasteiger partial charge < -0.3 is 24.7 Å². The zero-order chi connectivity index (χ0) is 39.3. The van der Waals surface area contributed by atoms with Crippen molar-refractivity contribution in [1.29, 1.82) is 0 Å². The van der Waals surface area contributed by atoms with Gasteiger partial charge in [0.05, 0.1) is 27.9 Å². The largest absolute Gasteiger partial charge is 0.494 e. The first-order chi connectivity index (χ1) is 27.9. The third-order valence-corrected chi connectivity index (χ3v) is 10.7. The van der Waals surface area contributed by atoms with Crippen molar-refractivity contribution in [2.24, 2.45) is 10.1 Å². The number of benzene rings is 4. The van der Waals surface area contributed by atoms with E-state index in [4.69, 9.17) is 9.83 Å². The zero-order valence-corrected chi connectivity index (χ0v) is 31.3. The van der Waals surface area contributed by atoms with Crippen molar-refractivity contribution in [1.82, 2.24) is 25.0 Å². The molecule has 0 spiro atoms. The van der Waals surface area contributed by atoms with Crippen LogP contribution < -0.4 is 5.56 Å². The molecule has 290 valence electrons. The van der Waals surface area contributed by atoms with Crippen LogP contribution in [-0.4, -0.2) is 86.1 Å². The highest BCUT2D eigenvalue weighted by atomic mass is 19.1. The smallest absolute Gasteiger partial charge is 0.272 e. The number of aromatic hydroxyl groups is 1. The Balaban J connectivity index is 0.751. The molecule has 0 bridgehead atoms. The number of aromatic nitrogens is 3. The lowest BCUT2D eigenvalue weighted by atomic mass is 10.0. The highest BCUT2D eigenvalue weighted by molar-refractivity contribution is 6.58. The van der Waals surface area contributed by atoms with Crippen molar-refractivity contribution in [2.45, 2.75) is 44.9 Å². The van der Waals surface area contributed by atoms with Gasteiger partial charge in [-0.25, -0.2) is 14.5 Å². The monoisotopic (exact) mass is 767 g/mol. The maximum atomic E-state index is 15.2. The molecule has 2 aromatic heterocycles. The van der Waals surface area contributed by atoms with Crippen molar-refractivity contribution >= 4 is 50.6 Å². The van der Waals surface area contributed by atoms with Gasteiger partial charge in [0.15, 0.2) is 5.88 Å². The summed E-state index contributed by atoms with van der Waals surface area (Å²) in [6, 6.07) is 27.0. The second-order valence-corrected chi connectivity index (χ2v) is 14.4. The van der Waals surface area contributed by atoms with Crippen LogP contribution in [0.5, 0.6) is 5.88 Å². The number of nitrogens with one attached hydrogen (secondary N) is 2. The average molecular weight is 768 g/mol. The number of nitrogens with zero attached hydrogens (tertiary/aromatic N) is 5. The van der Waals surface area contributed by atoms with Gasteiger partial charge in [-0.15, -0.1) is 0 Å². The Bertz CT molecular complexity index is 2590. The molecule has 3 N–H and O–H groups in total. The molecule has 4 heterocycles. The minimum atomic E-state index is -0.615. The second-order valence-electron chi connectivity index (χ2n) is 14.4. The molecule has 12 nitrogen and oxygen atoms in total. The first-order valence-electron chi connectivity index (χ1n) is 19.4. The first-order valence-corrected chi connectivity index (χ1v) is 19.4. The van der Waals surface area contributed by atoms with Crippen LogP contribution in [0.4, 0.5) is 10.1 Å². The van der Waals surface area contributed by atoms with Crippen molar-refractivity contribution < 1.29 is 23.9 Å². The third kappa shape index (κ3) is 7.91. The van der Waals surface area contributed by atoms with Gasteiger partial charge in [-0.3, -0.25) is 14.4 Å². The molecule has 0 unspecified atom stereocenters. The molecule has 57 heavy (non-hydrogen) atoms. The Morgan fingerprint density at radius 3 is 2.35 bits per heavy atom. The topological polar surface area (TPSA) is 156 Å². The predicted octanol–water partition coefficient (Wildman–Crippen LogP) is 7.02. The molecule has 0 atom stereocenters. The highest BCUT2D eigenvalue weighted by Gasteiger charge is 2.29. The SMILES string of the molecule is O=C(CCCCCCCO/N=C1/C(c2c(O)[nH]c3ccccc23)=Nc2ccccc21)N1CCN(C(=O)c2ccc(Cc3n[nH]c(=O)c4ccccc34)cc2F)CC1. The third-order valence-electron chi connectivity index (χ3n) is 10.7. The fourth-order valence-corrected chi connectivity index (χ4v) is 7.62. The molecule has 0 aliphatic carbocycles. The molecular weight excluding hydrogens is 726 g/mol. The summed E-state index contributed by atoms with van der Waals surface area (Å²) in [7, 11) is 0. The number of amides is 2. The molecule has 13 heteroatoms. The Kier molecular flexibility index (Phi) is 10.9. The number of hydrogen-bond donors (Lipinski definition) is 3. The van der Waals surface area contributed by atoms with E-state index in [0.29, 0.717) is 84.6 Å². The van der Waals surface area contributed by atoms with E-state index in [9.17, 15) is 19.5 Å². The maximum Gasteiger partial charge on any atom is 0.272 e. The Morgan fingerprint density at radius 1 is 0.825 bits per heavy atom. The van der Waals surface area contributed by atoms with Gasteiger partial charge in [-0.2, -0.15) is 5.10 Å². The number of carbonyl (C=O) groups is 2. The van der Waals surface area contributed by atoms with Gasteiger partial charge in [-0.1, -0.05) is 78.7 Å². The van der Waals surface area contributed by atoms with E-state index in [1.54, 1.807) is 28.0 Å². The molecule has 2 amide bonds. The number of carbonyl (C=O) groups excluding carboxylic acids is 2. The quantitative estimate of drug-likeness (QED) is 0.0848. The molecule has 2 aliphatic rings. The molecule has 2 aliphatic heterocycles. The van der Waals surface area contributed by atoms with E-state index in [1.807, 2.05) is 60.7 Å².